The Labute approximate surface area is 138 Å². The first-order chi connectivity index (χ1) is 10.6. The molecule has 0 amide bonds. The molecule has 0 aliphatic rings. The van der Waals surface area contributed by atoms with Crippen LogP contribution in [0.3, 0.4) is 0 Å². The number of hydrogen-bond donors (Lipinski definition) is 2. The van der Waals surface area contributed by atoms with Crippen molar-refractivity contribution in [1.82, 2.24) is 0 Å². The zero-order valence-corrected chi connectivity index (χ0v) is 14.1. The van der Waals surface area contributed by atoms with Crippen LogP contribution in [-0.4, -0.2) is 20.2 Å². The van der Waals surface area contributed by atoms with Gasteiger partial charge in [-0.05, 0) is 29.8 Å². The van der Waals surface area contributed by atoms with Crippen molar-refractivity contribution in [2.45, 2.75) is 6.54 Å². The largest absolute Gasteiger partial charge is 0.493 e. The first-order valence-corrected chi connectivity index (χ1v) is 7.45. The van der Waals surface area contributed by atoms with Crippen LogP contribution >= 0.6 is 15.9 Å². The second kappa shape index (κ2) is 7.70. The van der Waals surface area contributed by atoms with Gasteiger partial charge in [-0.1, -0.05) is 28.1 Å². The van der Waals surface area contributed by atoms with Crippen molar-refractivity contribution >= 4 is 27.6 Å². The van der Waals surface area contributed by atoms with E-state index in [0.717, 1.165) is 15.7 Å². The summed E-state index contributed by atoms with van der Waals surface area (Å²) in [4.78, 5) is 4.32. The number of nitrogens with zero attached hydrogens (tertiary/aromatic N) is 1. The Morgan fingerprint density at radius 3 is 2.59 bits per heavy atom. The molecule has 2 rings (SSSR count). The van der Waals surface area contributed by atoms with Crippen molar-refractivity contribution in [1.29, 1.82) is 0 Å². The van der Waals surface area contributed by atoms with Crippen LogP contribution < -0.4 is 20.5 Å². The predicted octanol–water partition coefficient (Wildman–Crippen LogP) is 3.39. The molecule has 0 aliphatic heterocycles. The molecule has 2 aromatic carbocycles. The van der Waals surface area contributed by atoms with Gasteiger partial charge in [-0.2, -0.15) is 0 Å². The van der Waals surface area contributed by atoms with E-state index in [1.165, 1.54) is 0 Å². The Bertz CT molecular complexity index is 674. The van der Waals surface area contributed by atoms with Crippen molar-refractivity contribution in [2.75, 3.05) is 19.5 Å². The summed E-state index contributed by atoms with van der Waals surface area (Å²) in [7, 11) is 3.19. The molecular formula is C16H18BrN3O2. The summed E-state index contributed by atoms with van der Waals surface area (Å²) in [5, 5.41) is 3.03. The lowest BCUT2D eigenvalue weighted by molar-refractivity contribution is 0.355. The second-order valence-electron chi connectivity index (χ2n) is 4.53. The number of guanidine groups is 1. The molecule has 0 bridgehead atoms. The van der Waals surface area contributed by atoms with Crippen LogP contribution in [0.4, 0.5) is 5.69 Å². The van der Waals surface area contributed by atoms with Gasteiger partial charge in [-0.25, -0.2) is 4.99 Å². The van der Waals surface area contributed by atoms with Crippen LogP contribution in [-0.2, 0) is 6.54 Å². The van der Waals surface area contributed by atoms with Crippen LogP contribution in [0.2, 0.25) is 0 Å². The summed E-state index contributed by atoms with van der Waals surface area (Å²) >= 11 is 3.43. The third-order valence-corrected chi connectivity index (χ3v) is 3.47. The van der Waals surface area contributed by atoms with E-state index < -0.39 is 0 Å². The molecule has 22 heavy (non-hydrogen) atoms. The Morgan fingerprint density at radius 2 is 1.91 bits per heavy atom. The molecule has 0 unspecified atom stereocenters. The van der Waals surface area contributed by atoms with Gasteiger partial charge in [0.1, 0.15) is 0 Å². The van der Waals surface area contributed by atoms with Crippen molar-refractivity contribution in [3.8, 4) is 11.5 Å². The number of hydrogen-bond acceptors (Lipinski definition) is 3. The fourth-order valence-electron chi connectivity index (χ4n) is 1.91. The lowest BCUT2D eigenvalue weighted by Crippen LogP contribution is -2.22. The van der Waals surface area contributed by atoms with Crippen LogP contribution in [0, 0.1) is 0 Å². The van der Waals surface area contributed by atoms with Gasteiger partial charge in [0.15, 0.2) is 17.5 Å². The molecule has 0 saturated carbocycles. The molecule has 0 spiro atoms. The molecule has 0 fully saturated rings. The highest BCUT2D eigenvalue weighted by atomic mass is 79.9. The quantitative estimate of drug-likeness (QED) is 0.630. The molecule has 0 aromatic heterocycles. The minimum absolute atomic E-state index is 0.340. The monoisotopic (exact) mass is 363 g/mol. The molecule has 5 nitrogen and oxygen atoms in total. The topological polar surface area (TPSA) is 68.9 Å². The maximum atomic E-state index is 5.91. The number of methoxy groups -OCH3 is 2. The Balaban J connectivity index is 2.05. The number of ether oxygens (including phenoxy) is 2. The van der Waals surface area contributed by atoms with Gasteiger partial charge < -0.3 is 20.5 Å². The molecule has 6 heteroatoms. The normalized spacial score (nSPS) is 11.1. The van der Waals surface area contributed by atoms with Crippen LogP contribution in [0.5, 0.6) is 11.5 Å². The standard InChI is InChI=1S/C16H18BrN3O2/c1-21-14-7-6-13(9-15(14)22-2)20-16(18)19-10-11-4-3-5-12(17)8-11/h3-9H,10H2,1-2H3,(H3,18,19,20). The van der Waals surface area contributed by atoms with Gasteiger partial charge in [0, 0.05) is 16.2 Å². The highest BCUT2D eigenvalue weighted by molar-refractivity contribution is 9.10. The number of halogens is 1. The maximum absolute atomic E-state index is 5.91. The van der Waals surface area contributed by atoms with E-state index in [2.05, 4.69) is 26.2 Å². The van der Waals surface area contributed by atoms with Gasteiger partial charge >= 0.3 is 0 Å². The van der Waals surface area contributed by atoms with Gasteiger partial charge in [0.2, 0.25) is 0 Å². The van der Waals surface area contributed by atoms with Gasteiger partial charge in [-0.15, -0.1) is 0 Å². The molecule has 0 radical (unpaired) electrons. The SMILES string of the molecule is COc1ccc(NC(N)=NCc2cccc(Br)c2)cc1OC. The van der Waals surface area contributed by atoms with E-state index in [4.69, 9.17) is 15.2 Å². The summed E-state index contributed by atoms with van der Waals surface area (Å²) in [6.45, 7) is 0.506. The predicted molar refractivity (Wildman–Crippen MR) is 92.6 cm³/mol. The third-order valence-electron chi connectivity index (χ3n) is 2.98. The average molecular weight is 364 g/mol. The zero-order chi connectivity index (χ0) is 15.9. The van der Waals surface area contributed by atoms with E-state index in [1.54, 1.807) is 20.3 Å². The number of rotatable bonds is 5. The fourth-order valence-corrected chi connectivity index (χ4v) is 2.36. The van der Waals surface area contributed by atoms with Gasteiger partial charge in [0.25, 0.3) is 0 Å². The Kier molecular flexibility index (Phi) is 5.66. The number of benzene rings is 2. The number of aliphatic imine (C=N–C) groups is 1. The highest BCUT2D eigenvalue weighted by Gasteiger charge is 2.05. The number of anilines is 1. The van der Waals surface area contributed by atoms with Gasteiger partial charge in [-0.3, -0.25) is 0 Å². The second-order valence-corrected chi connectivity index (χ2v) is 5.44. The lowest BCUT2D eigenvalue weighted by Gasteiger charge is -2.11. The summed E-state index contributed by atoms with van der Waals surface area (Å²) in [6.07, 6.45) is 0. The van der Waals surface area contributed by atoms with Crippen LogP contribution in [0.1, 0.15) is 5.56 Å². The first kappa shape index (κ1) is 16.2. The Morgan fingerprint density at radius 1 is 1.14 bits per heavy atom. The zero-order valence-electron chi connectivity index (χ0n) is 12.5. The first-order valence-electron chi connectivity index (χ1n) is 6.66. The molecule has 0 aliphatic carbocycles. The summed E-state index contributed by atoms with van der Waals surface area (Å²) < 4.78 is 11.5. The molecule has 0 heterocycles. The lowest BCUT2D eigenvalue weighted by atomic mass is 10.2. The van der Waals surface area contributed by atoms with E-state index in [9.17, 15) is 0 Å². The van der Waals surface area contributed by atoms with Crippen molar-refractivity contribution in [2.24, 2.45) is 10.7 Å². The van der Waals surface area contributed by atoms with Crippen molar-refractivity contribution in [3.05, 3.63) is 52.5 Å². The van der Waals surface area contributed by atoms with E-state index in [-0.39, 0.29) is 0 Å². The van der Waals surface area contributed by atoms with E-state index in [0.29, 0.717) is 24.0 Å². The summed E-state index contributed by atoms with van der Waals surface area (Å²) in [5.41, 5.74) is 7.77. The molecular weight excluding hydrogens is 346 g/mol. The van der Waals surface area contributed by atoms with E-state index >= 15 is 0 Å². The van der Waals surface area contributed by atoms with Crippen molar-refractivity contribution < 1.29 is 9.47 Å². The van der Waals surface area contributed by atoms with Crippen LogP contribution in [0.25, 0.3) is 0 Å². The number of nitrogens with two attached hydrogens (primary N) is 1. The fraction of sp³-hybridized carbons (Fsp3) is 0.188. The molecule has 0 atom stereocenters. The molecule has 2 aromatic rings. The minimum Gasteiger partial charge on any atom is -0.493 e. The molecule has 116 valence electrons. The smallest absolute Gasteiger partial charge is 0.193 e. The highest BCUT2D eigenvalue weighted by Crippen LogP contribution is 2.29. The van der Waals surface area contributed by atoms with Gasteiger partial charge in [0.05, 0.1) is 20.8 Å². The average Bonchev–Trinajstić information content (AvgIpc) is 2.53. The Hall–Kier alpha value is -2.21. The number of nitrogens with one attached hydrogen (secondary N) is 1. The maximum Gasteiger partial charge on any atom is 0.193 e. The molecule has 0 saturated heterocycles. The van der Waals surface area contributed by atoms with E-state index in [1.807, 2.05) is 36.4 Å². The van der Waals surface area contributed by atoms with Crippen molar-refractivity contribution in [3.63, 3.8) is 0 Å². The van der Waals surface area contributed by atoms with Crippen LogP contribution in [0.15, 0.2) is 51.9 Å². The third kappa shape index (κ3) is 4.39. The minimum atomic E-state index is 0.340. The molecule has 3 N–H and O–H groups in total. The summed E-state index contributed by atoms with van der Waals surface area (Å²) in [5.74, 6) is 1.64. The summed E-state index contributed by atoms with van der Waals surface area (Å²) in [6, 6.07) is 13.4.